The molecule has 42 heavy (non-hydrogen) atoms. The largest absolute Gasteiger partial charge is 0.411 e. The Bertz CT molecular complexity index is 1460. The van der Waals surface area contributed by atoms with Crippen molar-refractivity contribution >= 4 is 57.4 Å². The summed E-state index contributed by atoms with van der Waals surface area (Å²) in [7, 11) is 1.76. The average molecular weight is 660 g/mol. The summed E-state index contributed by atoms with van der Waals surface area (Å²) in [5.74, 6) is -1.63. The molecule has 1 N–H and O–H groups in total. The summed E-state index contributed by atoms with van der Waals surface area (Å²) in [5, 5.41) is 3.36. The summed E-state index contributed by atoms with van der Waals surface area (Å²) in [6, 6.07) is 6.51. The lowest BCUT2D eigenvalue weighted by Gasteiger charge is -2.35. The van der Waals surface area contributed by atoms with Crippen molar-refractivity contribution in [1.29, 1.82) is 0 Å². The van der Waals surface area contributed by atoms with Gasteiger partial charge in [-0.15, -0.1) is 0 Å². The van der Waals surface area contributed by atoms with Gasteiger partial charge in [-0.2, -0.15) is 26.3 Å². The van der Waals surface area contributed by atoms with E-state index >= 15 is 0 Å². The van der Waals surface area contributed by atoms with E-state index in [9.17, 15) is 31.1 Å². The second-order valence-electron chi connectivity index (χ2n) is 10.2. The van der Waals surface area contributed by atoms with Gasteiger partial charge in [-0.05, 0) is 49.1 Å². The van der Waals surface area contributed by atoms with Crippen LogP contribution in [0, 0.1) is 5.92 Å². The highest BCUT2D eigenvalue weighted by molar-refractivity contribution is 6.36. The molecule has 0 saturated carbocycles. The van der Waals surface area contributed by atoms with Gasteiger partial charge in [0.2, 0.25) is 5.91 Å². The maximum Gasteiger partial charge on any atom is 0.411 e. The van der Waals surface area contributed by atoms with E-state index in [1.54, 1.807) is 40.8 Å². The number of ether oxygens (including phenoxy) is 1. The molecule has 0 bridgehead atoms. The number of aryl methyl sites for hydroxylation is 1. The fourth-order valence-electron chi connectivity index (χ4n) is 4.84. The van der Waals surface area contributed by atoms with Gasteiger partial charge in [0.05, 0.1) is 32.7 Å². The number of nitrogens with zero attached hydrogens (tertiary/aromatic N) is 3. The smallest absolute Gasteiger partial charge is 0.370 e. The van der Waals surface area contributed by atoms with Crippen LogP contribution in [0.4, 0.5) is 32.0 Å². The highest BCUT2D eigenvalue weighted by Crippen LogP contribution is 2.39. The van der Waals surface area contributed by atoms with Crippen molar-refractivity contribution in [2.24, 2.45) is 13.0 Å². The number of hydrogen-bond donors (Lipinski definition) is 1. The highest BCUT2D eigenvalue weighted by atomic mass is 35.5. The zero-order chi connectivity index (χ0) is 31.0. The Kier molecular flexibility index (Phi) is 9.81. The molecule has 1 amide bonds. The fraction of sp³-hybridized carbons (Fsp3) is 0.481. The van der Waals surface area contributed by atoms with Crippen LogP contribution in [0.2, 0.25) is 15.1 Å². The Morgan fingerprint density at radius 2 is 1.86 bits per heavy atom. The molecule has 1 saturated heterocycles. The van der Waals surface area contributed by atoms with E-state index in [0.717, 1.165) is 0 Å². The van der Waals surface area contributed by atoms with Gasteiger partial charge in [-0.3, -0.25) is 4.79 Å². The summed E-state index contributed by atoms with van der Waals surface area (Å²) in [6.45, 7) is -0.160. The zero-order valence-electron chi connectivity index (χ0n) is 22.5. The summed E-state index contributed by atoms with van der Waals surface area (Å²) < 4.78 is 83.6. The van der Waals surface area contributed by atoms with E-state index in [1.807, 2.05) is 0 Å². The molecule has 0 aliphatic carbocycles. The van der Waals surface area contributed by atoms with Gasteiger partial charge in [0.25, 0.3) is 0 Å². The van der Waals surface area contributed by atoms with Crippen LogP contribution in [-0.2, 0) is 29.5 Å². The first-order valence-electron chi connectivity index (χ1n) is 12.9. The molecule has 6 nitrogen and oxygen atoms in total. The van der Waals surface area contributed by atoms with Gasteiger partial charge in [-0.25, -0.2) is 4.98 Å². The number of benzene rings is 2. The molecule has 15 heteroatoms. The molecule has 230 valence electrons. The standard InChI is InChI=1S/C27H27Cl3F6N4O2/c1-14(42-13-26(31,32)33)25(41)37-11-15-5-6-18(28)17(24(15)30)8-23-38-20-9-19(29)21(10-22(20)39(23)2)40-7-3-4-16(12-40)27(34,35)36/h5-6,9-10,14,16H,3-4,7-8,11-13H2,1-2H3,(H,37,41). The van der Waals surface area contributed by atoms with Crippen molar-refractivity contribution in [1.82, 2.24) is 14.9 Å². The first-order chi connectivity index (χ1) is 19.5. The normalized spacial score (nSPS) is 17.1. The molecular formula is C27H27Cl3F6N4O2. The number of imidazole rings is 1. The van der Waals surface area contributed by atoms with Crippen molar-refractivity contribution in [3.63, 3.8) is 0 Å². The monoisotopic (exact) mass is 658 g/mol. The molecule has 2 atom stereocenters. The maximum atomic E-state index is 13.4. The summed E-state index contributed by atoms with van der Waals surface area (Å²) in [5.41, 5.74) is 2.66. The third kappa shape index (κ3) is 7.56. The van der Waals surface area contributed by atoms with E-state index in [2.05, 4.69) is 15.0 Å². The Morgan fingerprint density at radius 3 is 2.52 bits per heavy atom. The lowest BCUT2D eigenvalue weighted by atomic mass is 9.97. The molecule has 2 unspecified atom stereocenters. The van der Waals surface area contributed by atoms with Crippen LogP contribution in [0.25, 0.3) is 11.0 Å². The number of halogens is 9. The van der Waals surface area contributed by atoms with Crippen LogP contribution >= 0.6 is 34.8 Å². The molecule has 3 aromatic rings. The van der Waals surface area contributed by atoms with Crippen molar-refractivity contribution in [2.75, 3.05) is 24.6 Å². The lowest BCUT2D eigenvalue weighted by molar-refractivity contribution is -0.185. The first-order valence-corrected chi connectivity index (χ1v) is 14.1. The molecule has 4 rings (SSSR count). The molecule has 1 aromatic heterocycles. The zero-order valence-corrected chi connectivity index (χ0v) is 24.7. The molecule has 2 heterocycles. The average Bonchev–Trinajstić information content (AvgIpc) is 3.21. The van der Waals surface area contributed by atoms with Crippen LogP contribution in [0.1, 0.15) is 36.7 Å². The third-order valence-corrected chi connectivity index (χ3v) is 8.31. The second kappa shape index (κ2) is 12.7. The predicted molar refractivity (Wildman–Crippen MR) is 149 cm³/mol. The van der Waals surface area contributed by atoms with Gasteiger partial charge >= 0.3 is 12.4 Å². The Labute approximate surface area is 252 Å². The minimum absolute atomic E-state index is 0.0743. The Hall–Kier alpha value is -2.41. The van der Waals surface area contributed by atoms with E-state index in [4.69, 9.17) is 34.8 Å². The molecule has 0 spiro atoms. The number of fused-ring (bicyclic) bond motifs is 1. The minimum atomic E-state index is -4.56. The molecular weight excluding hydrogens is 633 g/mol. The second-order valence-corrected chi connectivity index (χ2v) is 11.4. The van der Waals surface area contributed by atoms with E-state index in [1.165, 1.54) is 6.92 Å². The molecule has 2 aromatic carbocycles. The number of piperidine rings is 1. The van der Waals surface area contributed by atoms with Gasteiger partial charge in [-0.1, -0.05) is 40.9 Å². The molecule has 1 aliphatic rings. The minimum Gasteiger partial charge on any atom is -0.370 e. The number of nitrogens with one attached hydrogen (secondary N) is 1. The number of hydrogen-bond acceptors (Lipinski definition) is 4. The van der Waals surface area contributed by atoms with Crippen LogP contribution in [-0.4, -0.2) is 53.6 Å². The van der Waals surface area contributed by atoms with E-state index in [0.29, 0.717) is 51.7 Å². The van der Waals surface area contributed by atoms with Crippen molar-refractivity contribution in [3.05, 3.63) is 56.3 Å². The van der Waals surface area contributed by atoms with Crippen molar-refractivity contribution < 1.29 is 35.9 Å². The summed E-state index contributed by atoms with van der Waals surface area (Å²) in [6.07, 6.45) is -9.55. The Morgan fingerprint density at radius 1 is 1.14 bits per heavy atom. The molecule has 1 fully saturated rings. The topological polar surface area (TPSA) is 59.4 Å². The quantitative estimate of drug-likeness (QED) is 0.255. The van der Waals surface area contributed by atoms with Crippen LogP contribution in [0.5, 0.6) is 0 Å². The molecule has 0 radical (unpaired) electrons. The third-order valence-electron chi connectivity index (χ3n) is 7.19. The predicted octanol–water partition coefficient (Wildman–Crippen LogP) is 7.49. The van der Waals surface area contributed by atoms with Gasteiger partial charge in [0.15, 0.2) is 0 Å². The number of carbonyl (C=O) groups excluding carboxylic acids is 1. The Balaban J connectivity index is 1.53. The van der Waals surface area contributed by atoms with Crippen molar-refractivity contribution in [3.8, 4) is 0 Å². The van der Waals surface area contributed by atoms with E-state index < -0.39 is 36.9 Å². The van der Waals surface area contributed by atoms with Gasteiger partial charge in [0, 0.05) is 38.1 Å². The summed E-state index contributed by atoms with van der Waals surface area (Å²) in [4.78, 5) is 18.5. The number of anilines is 1. The fourth-order valence-corrected chi connectivity index (χ4v) is 5.69. The van der Waals surface area contributed by atoms with Crippen LogP contribution in [0.3, 0.4) is 0 Å². The molecule has 1 aliphatic heterocycles. The van der Waals surface area contributed by atoms with Crippen molar-refractivity contribution in [2.45, 2.75) is 51.2 Å². The first kappa shape index (κ1) is 32.5. The summed E-state index contributed by atoms with van der Waals surface area (Å²) >= 11 is 19.6. The lowest BCUT2D eigenvalue weighted by Crippen LogP contribution is -2.41. The number of rotatable bonds is 8. The number of alkyl halides is 6. The number of aromatic nitrogens is 2. The maximum absolute atomic E-state index is 13.4. The SMILES string of the molecule is CC(OCC(F)(F)F)C(=O)NCc1ccc(Cl)c(Cc2nc3cc(Cl)c(N4CCCC(C(F)(F)F)C4)cc3n2C)c1Cl. The van der Waals surface area contributed by atoms with Crippen LogP contribution in [0.15, 0.2) is 24.3 Å². The number of carbonyl (C=O) groups is 1. The highest BCUT2D eigenvalue weighted by Gasteiger charge is 2.42. The van der Waals surface area contributed by atoms with Gasteiger partial charge < -0.3 is 19.5 Å². The van der Waals surface area contributed by atoms with Gasteiger partial charge in [0.1, 0.15) is 18.5 Å². The van der Waals surface area contributed by atoms with E-state index in [-0.39, 0.29) is 36.0 Å². The number of amides is 1. The van der Waals surface area contributed by atoms with Crippen LogP contribution < -0.4 is 10.2 Å².